The van der Waals surface area contributed by atoms with Crippen molar-refractivity contribution in [1.29, 1.82) is 0 Å². The molecule has 1 amide bonds. The third-order valence-corrected chi connectivity index (χ3v) is 2.94. The highest BCUT2D eigenvalue weighted by atomic mass is 35.5. The average molecular weight is 282 g/mol. The van der Waals surface area contributed by atoms with Crippen LogP contribution >= 0.6 is 23.2 Å². The van der Waals surface area contributed by atoms with Gasteiger partial charge in [-0.3, -0.25) is 4.79 Å². The van der Waals surface area contributed by atoms with Crippen LogP contribution in [0.4, 0.5) is 5.69 Å². The van der Waals surface area contributed by atoms with E-state index in [0.717, 1.165) is 0 Å². The lowest BCUT2D eigenvalue weighted by Gasteiger charge is -2.09. The number of phenolic OH excluding ortho intramolecular Hbond substituents is 1. The second kappa shape index (κ2) is 5.29. The molecule has 2 rings (SSSR count). The lowest BCUT2D eigenvalue weighted by atomic mass is 10.2. The minimum absolute atomic E-state index is 0.0212. The molecule has 0 saturated heterocycles. The Hall–Kier alpha value is -1.71. The number of para-hydroxylation sites is 1. The Labute approximate surface area is 114 Å². The summed E-state index contributed by atoms with van der Waals surface area (Å²) in [5, 5.41) is 12.6. The quantitative estimate of drug-likeness (QED) is 0.876. The first-order valence-electron chi connectivity index (χ1n) is 5.12. The molecule has 0 aliphatic heterocycles. The van der Waals surface area contributed by atoms with Gasteiger partial charge in [-0.05, 0) is 30.3 Å². The van der Waals surface area contributed by atoms with E-state index in [9.17, 15) is 9.90 Å². The lowest BCUT2D eigenvalue weighted by Crippen LogP contribution is -2.12. The van der Waals surface area contributed by atoms with E-state index in [4.69, 9.17) is 23.2 Å². The fourth-order valence-electron chi connectivity index (χ4n) is 1.45. The molecule has 0 radical (unpaired) electrons. The fourth-order valence-corrected chi connectivity index (χ4v) is 1.94. The molecule has 3 nitrogen and oxygen atoms in total. The van der Waals surface area contributed by atoms with E-state index in [-0.39, 0.29) is 11.7 Å². The summed E-state index contributed by atoms with van der Waals surface area (Å²) < 4.78 is 0. The highest BCUT2D eigenvalue weighted by Crippen LogP contribution is 2.30. The maximum Gasteiger partial charge on any atom is 0.255 e. The summed E-state index contributed by atoms with van der Waals surface area (Å²) in [5.41, 5.74) is 0.681. The minimum Gasteiger partial charge on any atom is -0.508 e. The number of amides is 1. The first-order valence-corrected chi connectivity index (χ1v) is 5.88. The van der Waals surface area contributed by atoms with Crippen molar-refractivity contribution in [3.8, 4) is 5.75 Å². The summed E-state index contributed by atoms with van der Waals surface area (Å²) in [4.78, 5) is 11.9. The second-order valence-electron chi connectivity index (χ2n) is 3.60. The van der Waals surface area contributed by atoms with Crippen LogP contribution in [-0.2, 0) is 0 Å². The molecule has 2 N–H and O–H groups in total. The number of nitrogens with one attached hydrogen (secondary N) is 1. The predicted octanol–water partition coefficient (Wildman–Crippen LogP) is 3.95. The molecule has 0 spiro atoms. The van der Waals surface area contributed by atoms with Crippen LogP contribution in [0.3, 0.4) is 0 Å². The van der Waals surface area contributed by atoms with Crippen molar-refractivity contribution in [2.75, 3.05) is 5.32 Å². The van der Waals surface area contributed by atoms with Crippen molar-refractivity contribution in [3.63, 3.8) is 0 Å². The highest BCUT2D eigenvalue weighted by Gasteiger charge is 2.11. The molecular weight excluding hydrogens is 273 g/mol. The molecule has 0 atom stereocenters. The van der Waals surface area contributed by atoms with Gasteiger partial charge in [-0.1, -0.05) is 35.3 Å². The number of phenols is 1. The Morgan fingerprint density at radius 3 is 2.28 bits per heavy atom. The second-order valence-corrected chi connectivity index (χ2v) is 4.42. The van der Waals surface area contributed by atoms with Gasteiger partial charge < -0.3 is 10.4 Å². The molecule has 0 heterocycles. The van der Waals surface area contributed by atoms with Gasteiger partial charge in [0.15, 0.2) is 0 Å². The monoisotopic (exact) mass is 281 g/mol. The van der Waals surface area contributed by atoms with E-state index in [0.29, 0.717) is 21.3 Å². The molecule has 2 aromatic rings. The Bertz CT molecular complexity index is 579. The van der Waals surface area contributed by atoms with Crippen molar-refractivity contribution in [1.82, 2.24) is 0 Å². The topological polar surface area (TPSA) is 49.3 Å². The summed E-state index contributed by atoms with van der Waals surface area (Å²) in [6, 6.07) is 11.0. The van der Waals surface area contributed by atoms with Crippen molar-refractivity contribution in [3.05, 3.63) is 58.1 Å². The van der Waals surface area contributed by atoms with Gasteiger partial charge in [-0.2, -0.15) is 0 Å². The summed E-state index contributed by atoms with van der Waals surface area (Å²) in [6.45, 7) is 0. The Morgan fingerprint density at radius 2 is 1.67 bits per heavy atom. The van der Waals surface area contributed by atoms with Gasteiger partial charge in [0.1, 0.15) is 5.75 Å². The van der Waals surface area contributed by atoms with Gasteiger partial charge in [0, 0.05) is 5.56 Å². The van der Waals surface area contributed by atoms with Crippen LogP contribution in [0, 0.1) is 0 Å². The molecule has 0 saturated carbocycles. The predicted molar refractivity (Wildman–Crippen MR) is 72.5 cm³/mol. The molecule has 0 fully saturated rings. The maximum atomic E-state index is 11.9. The zero-order valence-corrected chi connectivity index (χ0v) is 10.7. The van der Waals surface area contributed by atoms with E-state index in [1.54, 1.807) is 30.3 Å². The zero-order valence-electron chi connectivity index (χ0n) is 9.15. The number of halogens is 2. The molecule has 0 aromatic heterocycles. The van der Waals surface area contributed by atoms with Crippen LogP contribution in [0.25, 0.3) is 0 Å². The van der Waals surface area contributed by atoms with Crippen molar-refractivity contribution < 1.29 is 9.90 Å². The smallest absolute Gasteiger partial charge is 0.255 e. The first-order chi connectivity index (χ1) is 8.58. The molecule has 0 aliphatic rings. The van der Waals surface area contributed by atoms with E-state index in [2.05, 4.69) is 5.32 Å². The number of rotatable bonds is 2. The summed E-state index contributed by atoms with van der Waals surface area (Å²) in [6.07, 6.45) is 0. The van der Waals surface area contributed by atoms with E-state index >= 15 is 0 Å². The lowest BCUT2D eigenvalue weighted by molar-refractivity contribution is 0.102. The summed E-state index contributed by atoms with van der Waals surface area (Å²) in [7, 11) is 0. The Morgan fingerprint density at radius 1 is 1.06 bits per heavy atom. The number of benzene rings is 2. The van der Waals surface area contributed by atoms with Crippen LogP contribution in [-0.4, -0.2) is 11.0 Å². The van der Waals surface area contributed by atoms with E-state index in [1.165, 1.54) is 12.1 Å². The number of carbonyl (C=O) groups is 1. The summed E-state index contributed by atoms with van der Waals surface area (Å²) in [5.74, 6) is -0.367. The molecule has 92 valence electrons. The molecule has 0 unspecified atom stereocenters. The minimum atomic E-state index is -0.388. The average Bonchev–Trinajstić information content (AvgIpc) is 2.34. The Kier molecular flexibility index (Phi) is 3.75. The van der Waals surface area contributed by atoms with Crippen LogP contribution in [0.1, 0.15) is 10.4 Å². The molecule has 5 heteroatoms. The summed E-state index contributed by atoms with van der Waals surface area (Å²) >= 11 is 11.9. The highest BCUT2D eigenvalue weighted by molar-refractivity contribution is 6.40. The van der Waals surface area contributed by atoms with Crippen LogP contribution in [0.15, 0.2) is 42.5 Å². The number of carbonyl (C=O) groups excluding carboxylic acids is 1. The van der Waals surface area contributed by atoms with Crippen molar-refractivity contribution in [2.24, 2.45) is 0 Å². The Balaban J connectivity index is 2.27. The number of anilines is 1. The SMILES string of the molecule is O=C(Nc1c(Cl)cccc1Cl)c1cccc(O)c1. The van der Waals surface area contributed by atoms with Gasteiger partial charge in [0.2, 0.25) is 0 Å². The largest absolute Gasteiger partial charge is 0.508 e. The van der Waals surface area contributed by atoms with Crippen LogP contribution in [0.5, 0.6) is 5.75 Å². The maximum absolute atomic E-state index is 11.9. The fraction of sp³-hybridized carbons (Fsp3) is 0. The van der Waals surface area contributed by atoms with Gasteiger partial charge >= 0.3 is 0 Å². The van der Waals surface area contributed by atoms with E-state index < -0.39 is 0 Å². The third kappa shape index (κ3) is 2.75. The standard InChI is InChI=1S/C13H9Cl2NO2/c14-10-5-2-6-11(15)12(10)16-13(18)8-3-1-4-9(17)7-8/h1-7,17H,(H,16,18). The zero-order chi connectivity index (χ0) is 13.1. The molecule has 2 aromatic carbocycles. The van der Waals surface area contributed by atoms with Crippen molar-refractivity contribution >= 4 is 34.8 Å². The van der Waals surface area contributed by atoms with E-state index in [1.807, 2.05) is 0 Å². The number of hydrogen-bond acceptors (Lipinski definition) is 2. The third-order valence-electron chi connectivity index (χ3n) is 2.31. The normalized spacial score (nSPS) is 10.1. The number of hydrogen-bond donors (Lipinski definition) is 2. The van der Waals surface area contributed by atoms with Gasteiger partial charge in [0.05, 0.1) is 15.7 Å². The molecule has 18 heavy (non-hydrogen) atoms. The van der Waals surface area contributed by atoms with Gasteiger partial charge in [-0.25, -0.2) is 0 Å². The van der Waals surface area contributed by atoms with Crippen molar-refractivity contribution in [2.45, 2.75) is 0 Å². The van der Waals surface area contributed by atoms with Crippen LogP contribution < -0.4 is 5.32 Å². The molecular formula is C13H9Cl2NO2. The number of aromatic hydroxyl groups is 1. The van der Waals surface area contributed by atoms with Crippen LogP contribution in [0.2, 0.25) is 10.0 Å². The molecule has 0 aliphatic carbocycles. The molecule has 0 bridgehead atoms. The first kappa shape index (κ1) is 12.7. The van der Waals surface area contributed by atoms with Gasteiger partial charge in [0.25, 0.3) is 5.91 Å². The van der Waals surface area contributed by atoms with Gasteiger partial charge in [-0.15, -0.1) is 0 Å².